The van der Waals surface area contributed by atoms with Crippen molar-refractivity contribution in [3.05, 3.63) is 23.3 Å². The molecule has 2 rings (SSSR count). The number of aryl methyl sites for hydroxylation is 2. The molecular formula is C20H33NO3S. The van der Waals surface area contributed by atoms with Crippen molar-refractivity contribution in [3.8, 4) is 5.75 Å². The van der Waals surface area contributed by atoms with E-state index in [9.17, 15) is 8.42 Å². The Kier molecular flexibility index (Phi) is 6.92. The molecule has 1 aliphatic heterocycles. The number of nitrogens with zero attached hydrogens (tertiary/aromatic N) is 1. The molecule has 0 bridgehead atoms. The van der Waals surface area contributed by atoms with Gasteiger partial charge in [0.05, 0.1) is 12.0 Å². The highest BCUT2D eigenvalue weighted by atomic mass is 32.2. The van der Waals surface area contributed by atoms with Gasteiger partial charge < -0.3 is 4.74 Å². The van der Waals surface area contributed by atoms with Crippen molar-refractivity contribution in [2.24, 2.45) is 5.92 Å². The van der Waals surface area contributed by atoms with E-state index in [0.717, 1.165) is 49.7 Å². The van der Waals surface area contributed by atoms with Gasteiger partial charge in [0.1, 0.15) is 5.75 Å². The van der Waals surface area contributed by atoms with Crippen molar-refractivity contribution in [1.82, 2.24) is 4.31 Å². The maximum absolute atomic E-state index is 13.4. The Morgan fingerprint density at radius 1 is 1.20 bits per heavy atom. The zero-order chi connectivity index (χ0) is 18.6. The summed E-state index contributed by atoms with van der Waals surface area (Å²) in [5.41, 5.74) is 1.53. The van der Waals surface area contributed by atoms with Crippen molar-refractivity contribution in [1.29, 1.82) is 0 Å². The number of ether oxygens (including phenoxy) is 1. The Morgan fingerprint density at radius 2 is 1.84 bits per heavy atom. The molecule has 1 aromatic rings. The first-order valence-electron chi connectivity index (χ1n) is 9.44. The second-order valence-electron chi connectivity index (χ2n) is 7.68. The van der Waals surface area contributed by atoms with Crippen LogP contribution in [0.25, 0.3) is 0 Å². The number of piperidine rings is 1. The maximum Gasteiger partial charge on any atom is 0.243 e. The van der Waals surface area contributed by atoms with Gasteiger partial charge in [0, 0.05) is 12.6 Å². The number of methoxy groups -OCH3 is 1. The lowest BCUT2D eigenvalue weighted by molar-refractivity contribution is 0.234. The van der Waals surface area contributed by atoms with Gasteiger partial charge in [0.15, 0.2) is 0 Å². The molecule has 1 aliphatic rings. The molecule has 1 atom stereocenters. The van der Waals surface area contributed by atoms with Crippen LogP contribution in [0.15, 0.2) is 17.0 Å². The molecule has 142 valence electrons. The number of rotatable bonds is 7. The molecule has 1 aromatic carbocycles. The highest BCUT2D eigenvalue weighted by Gasteiger charge is 2.35. The molecule has 0 radical (unpaired) electrons. The van der Waals surface area contributed by atoms with Gasteiger partial charge >= 0.3 is 0 Å². The molecule has 1 fully saturated rings. The number of hydrogen-bond donors (Lipinski definition) is 0. The van der Waals surface area contributed by atoms with E-state index in [2.05, 4.69) is 13.8 Å². The van der Waals surface area contributed by atoms with Gasteiger partial charge in [-0.1, -0.05) is 33.1 Å². The molecule has 0 saturated carbocycles. The van der Waals surface area contributed by atoms with Gasteiger partial charge in [-0.05, 0) is 62.3 Å². The quantitative estimate of drug-likeness (QED) is 0.703. The molecule has 25 heavy (non-hydrogen) atoms. The summed E-state index contributed by atoms with van der Waals surface area (Å²) in [5.74, 6) is 1.38. The Labute approximate surface area is 153 Å². The molecule has 0 amide bonds. The average Bonchev–Trinajstić information content (AvgIpc) is 2.53. The van der Waals surface area contributed by atoms with Crippen LogP contribution < -0.4 is 4.74 Å². The van der Waals surface area contributed by atoms with Crippen LogP contribution in [0.2, 0.25) is 0 Å². The average molecular weight is 368 g/mol. The van der Waals surface area contributed by atoms with Gasteiger partial charge in [-0.25, -0.2) is 8.42 Å². The van der Waals surface area contributed by atoms with E-state index in [1.807, 2.05) is 26.0 Å². The van der Waals surface area contributed by atoms with Crippen molar-refractivity contribution in [3.63, 3.8) is 0 Å². The fourth-order valence-corrected chi connectivity index (χ4v) is 6.03. The minimum Gasteiger partial charge on any atom is -0.497 e. The summed E-state index contributed by atoms with van der Waals surface area (Å²) in [7, 11) is -1.86. The predicted octanol–water partition coefficient (Wildman–Crippen LogP) is 4.68. The third kappa shape index (κ3) is 4.76. The van der Waals surface area contributed by atoms with E-state index in [1.54, 1.807) is 11.4 Å². The van der Waals surface area contributed by atoms with E-state index >= 15 is 0 Å². The van der Waals surface area contributed by atoms with E-state index < -0.39 is 10.0 Å². The predicted molar refractivity (Wildman–Crippen MR) is 103 cm³/mol. The number of hydrogen-bond acceptors (Lipinski definition) is 3. The molecule has 1 unspecified atom stereocenters. The summed E-state index contributed by atoms with van der Waals surface area (Å²) < 4.78 is 33.9. The lowest BCUT2D eigenvalue weighted by atomic mass is 9.97. The molecule has 5 heteroatoms. The van der Waals surface area contributed by atoms with E-state index in [0.29, 0.717) is 23.1 Å². The van der Waals surface area contributed by atoms with Crippen LogP contribution >= 0.6 is 0 Å². The van der Waals surface area contributed by atoms with Crippen molar-refractivity contribution >= 4 is 10.0 Å². The Bertz CT molecular complexity index is 659. The smallest absolute Gasteiger partial charge is 0.243 e. The fourth-order valence-electron chi connectivity index (χ4n) is 3.89. The van der Waals surface area contributed by atoms with Crippen LogP contribution in [0.3, 0.4) is 0 Å². The highest BCUT2D eigenvalue weighted by molar-refractivity contribution is 7.89. The molecule has 4 nitrogen and oxygen atoms in total. The monoisotopic (exact) mass is 367 g/mol. The van der Waals surface area contributed by atoms with Crippen molar-refractivity contribution in [2.45, 2.75) is 77.2 Å². The van der Waals surface area contributed by atoms with Crippen molar-refractivity contribution < 1.29 is 13.2 Å². The fraction of sp³-hybridized carbons (Fsp3) is 0.700. The number of benzene rings is 1. The van der Waals surface area contributed by atoms with Gasteiger partial charge in [0.25, 0.3) is 0 Å². The SMILES string of the molecule is COc1cc(C)c(S(=O)(=O)N2CCCCC2CCCC(C)C)c(C)c1. The minimum absolute atomic E-state index is 0.137. The second kappa shape index (κ2) is 8.54. The first-order valence-corrected chi connectivity index (χ1v) is 10.9. The van der Waals surface area contributed by atoms with E-state index in [1.165, 1.54) is 0 Å². The Hall–Kier alpha value is -1.07. The molecule has 0 aliphatic carbocycles. The third-order valence-electron chi connectivity index (χ3n) is 5.13. The van der Waals surface area contributed by atoms with Crippen LogP contribution in [0.5, 0.6) is 5.75 Å². The molecule has 1 saturated heterocycles. The third-order valence-corrected chi connectivity index (χ3v) is 7.39. The Morgan fingerprint density at radius 3 is 2.40 bits per heavy atom. The van der Waals surface area contributed by atoms with Crippen LogP contribution in [0.1, 0.15) is 63.5 Å². The summed E-state index contributed by atoms with van der Waals surface area (Å²) in [6.07, 6.45) is 6.27. The number of sulfonamides is 1. The summed E-state index contributed by atoms with van der Waals surface area (Å²) in [6.45, 7) is 8.80. The Balaban J connectivity index is 2.29. The van der Waals surface area contributed by atoms with Crippen LogP contribution in [0.4, 0.5) is 0 Å². The lowest BCUT2D eigenvalue weighted by Gasteiger charge is -2.35. The first-order chi connectivity index (χ1) is 11.8. The topological polar surface area (TPSA) is 46.6 Å². The lowest BCUT2D eigenvalue weighted by Crippen LogP contribution is -2.44. The van der Waals surface area contributed by atoms with Crippen LogP contribution in [-0.2, 0) is 10.0 Å². The highest BCUT2D eigenvalue weighted by Crippen LogP contribution is 2.33. The summed E-state index contributed by atoms with van der Waals surface area (Å²) >= 11 is 0. The normalized spacial score (nSPS) is 19.4. The van der Waals surface area contributed by atoms with E-state index in [-0.39, 0.29) is 6.04 Å². The molecule has 0 spiro atoms. The van der Waals surface area contributed by atoms with Crippen LogP contribution in [0, 0.1) is 19.8 Å². The van der Waals surface area contributed by atoms with E-state index in [4.69, 9.17) is 4.74 Å². The largest absolute Gasteiger partial charge is 0.497 e. The van der Waals surface area contributed by atoms with Gasteiger partial charge in [-0.15, -0.1) is 0 Å². The van der Waals surface area contributed by atoms with Gasteiger partial charge in [-0.3, -0.25) is 0 Å². The first kappa shape index (κ1) is 20.2. The second-order valence-corrected chi connectivity index (χ2v) is 9.51. The summed E-state index contributed by atoms with van der Waals surface area (Å²) in [5, 5.41) is 0. The van der Waals surface area contributed by atoms with Gasteiger partial charge in [-0.2, -0.15) is 4.31 Å². The van der Waals surface area contributed by atoms with Crippen LogP contribution in [-0.4, -0.2) is 32.4 Å². The zero-order valence-electron chi connectivity index (χ0n) is 16.3. The molecule has 0 N–H and O–H groups in total. The molecule has 1 heterocycles. The summed E-state index contributed by atoms with van der Waals surface area (Å²) in [4.78, 5) is 0.462. The zero-order valence-corrected chi connectivity index (χ0v) is 17.2. The maximum atomic E-state index is 13.4. The summed E-state index contributed by atoms with van der Waals surface area (Å²) in [6, 6.07) is 3.77. The van der Waals surface area contributed by atoms with Gasteiger partial charge in [0.2, 0.25) is 10.0 Å². The molecular weight excluding hydrogens is 334 g/mol. The van der Waals surface area contributed by atoms with Crippen molar-refractivity contribution in [2.75, 3.05) is 13.7 Å². The minimum atomic E-state index is -3.47. The molecule has 0 aromatic heterocycles. The standard InChI is InChI=1S/C20H33NO3S/c1-15(2)9-8-11-18-10-6-7-12-21(18)25(22,23)20-16(3)13-19(24-5)14-17(20)4/h13-15,18H,6-12H2,1-5H3.